The molecule has 0 fully saturated rings. The molecule has 1 atom stereocenters. The minimum atomic E-state index is 0. The second kappa shape index (κ2) is 106. The fourth-order valence-electron chi connectivity index (χ4n) is 10.0. The van der Waals surface area contributed by atoms with Gasteiger partial charge in [0, 0.05) is 65.4 Å². The Morgan fingerprint density at radius 3 is 0.793 bits per heavy atom. The topological polar surface area (TPSA) is 0 Å². The van der Waals surface area contributed by atoms with Crippen molar-refractivity contribution in [1.82, 2.24) is 0 Å². The molecule has 486 valence electrons. The van der Waals surface area contributed by atoms with Crippen molar-refractivity contribution in [2.75, 3.05) is 0 Å². The first kappa shape index (κ1) is 98.7. The molecule has 0 spiro atoms. The van der Waals surface area contributed by atoms with Crippen LogP contribution in [0, 0.1) is 24.7 Å². The van der Waals surface area contributed by atoms with E-state index in [1.54, 1.807) is 0 Å². The maximum Gasteiger partial charge on any atom is 0 e. The predicted octanol–water partition coefficient (Wildman–Crippen LogP) is 30.7. The van der Waals surface area contributed by atoms with E-state index in [4.69, 9.17) is 0 Å². The van der Waals surface area contributed by atoms with Gasteiger partial charge in [-0.25, -0.2) is 19.1 Å². The maximum atomic E-state index is 3.97. The first-order chi connectivity index (χ1) is 39.3. The Labute approximate surface area is 575 Å². The number of rotatable bonds is 60. The van der Waals surface area contributed by atoms with E-state index in [1.165, 1.54) is 353 Å². The molecule has 1 unspecified atom stereocenters. The zero-order valence-electron chi connectivity index (χ0n) is 58.8. The summed E-state index contributed by atoms with van der Waals surface area (Å²) in [5.41, 5.74) is 0. The van der Waals surface area contributed by atoms with E-state index in [-0.39, 0.29) is 65.4 Å². The van der Waals surface area contributed by atoms with Crippen molar-refractivity contribution < 1.29 is 65.4 Å². The second-order valence-corrected chi connectivity index (χ2v) is 23.9. The standard InChI is InChI=1S/C17H36.C17H32.C13H28.C13H24.C10H21.C10H17.2Y/c2*1-4-7-9-11-13-15-17(6-3)16-14-12-10-8-5-2;2*1-3-5-7-9-11-13-12-10-8-6-4-2;2*1-3-5-7-9-10-8-6-4-2;;/h17H,4-16H2,1-3H3;4,6,17H,1,3,5,7-16H2,2H3;3-13H2,1-2H3;3-4H,1-2,5-13H2;5H,3-4,6-10H2,1-2H3;3-5H,1-2,6-10H2;;/q;;;;2*-1;;. The van der Waals surface area contributed by atoms with Crippen LogP contribution in [0.2, 0.25) is 0 Å². The summed E-state index contributed by atoms with van der Waals surface area (Å²) < 4.78 is 0. The van der Waals surface area contributed by atoms with Crippen LogP contribution in [0.15, 0.2) is 75.9 Å². The molecule has 0 aliphatic rings. The minimum absolute atomic E-state index is 0. The minimum Gasteiger partial charge on any atom is -0.329 e. The van der Waals surface area contributed by atoms with Crippen molar-refractivity contribution in [1.29, 1.82) is 0 Å². The number of hydrogen-bond acceptors (Lipinski definition) is 0. The number of allylic oxidation sites excluding steroid dienone is 6. The van der Waals surface area contributed by atoms with E-state index in [0.717, 1.165) is 18.3 Å². The van der Waals surface area contributed by atoms with Crippen LogP contribution in [0.25, 0.3) is 0 Å². The molecule has 0 bridgehead atoms. The molecule has 0 heterocycles. The van der Waals surface area contributed by atoms with Gasteiger partial charge in [0.15, 0.2) is 0 Å². The summed E-state index contributed by atoms with van der Waals surface area (Å²) in [6.07, 6.45) is 94.1. The number of hydrogen-bond donors (Lipinski definition) is 0. The predicted molar refractivity (Wildman–Crippen MR) is 381 cm³/mol. The molecule has 82 heavy (non-hydrogen) atoms. The molecule has 0 N–H and O–H groups in total. The van der Waals surface area contributed by atoms with Crippen molar-refractivity contribution in [3.05, 3.63) is 88.8 Å². The van der Waals surface area contributed by atoms with Gasteiger partial charge >= 0.3 is 0 Å². The molecule has 2 heteroatoms. The van der Waals surface area contributed by atoms with Crippen molar-refractivity contribution in [3.8, 4) is 0 Å². The third-order valence-electron chi connectivity index (χ3n) is 15.8. The van der Waals surface area contributed by atoms with Crippen LogP contribution in [0.3, 0.4) is 0 Å². The van der Waals surface area contributed by atoms with Crippen LogP contribution in [-0.4, -0.2) is 0 Å². The van der Waals surface area contributed by atoms with Gasteiger partial charge in [-0.15, -0.1) is 39.3 Å². The summed E-state index contributed by atoms with van der Waals surface area (Å²) in [7, 11) is 0. The van der Waals surface area contributed by atoms with E-state index >= 15 is 0 Å². The summed E-state index contributed by atoms with van der Waals surface area (Å²) in [6.45, 7) is 40.8. The van der Waals surface area contributed by atoms with E-state index in [0.29, 0.717) is 0 Å². The molecule has 0 nitrogen and oxygen atoms in total. The van der Waals surface area contributed by atoms with E-state index in [1.807, 2.05) is 30.4 Å². The van der Waals surface area contributed by atoms with Crippen LogP contribution in [0.1, 0.15) is 415 Å². The van der Waals surface area contributed by atoms with Gasteiger partial charge in [0.05, 0.1) is 0 Å². The van der Waals surface area contributed by atoms with Crippen LogP contribution in [0.4, 0.5) is 0 Å². The molecule has 0 aromatic carbocycles. The van der Waals surface area contributed by atoms with Crippen LogP contribution in [0.5, 0.6) is 0 Å². The summed E-state index contributed by atoms with van der Waals surface area (Å²) in [5, 5.41) is 0. The Morgan fingerprint density at radius 2 is 0.524 bits per heavy atom. The summed E-state index contributed by atoms with van der Waals surface area (Å²) >= 11 is 0. The van der Waals surface area contributed by atoms with Gasteiger partial charge < -0.3 is 6.42 Å². The average molecular weight is 1300 g/mol. The smallest absolute Gasteiger partial charge is 0 e. The van der Waals surface area contributed by atoms with Crippen molar-refractivity contribution >= 4 is 0 Å². The maximum absolute atomic E-state index is 3.97. The molecule has 2 radical (unpaired) electrons. The zero-order valence-corrected chi connectivity index (χ0v) is 64.4. The van der Waals surface area contributed by atoms with Gasteiger partial charge in [0.2, 0.25) is 0 Å². The molecular weight excluding hydrogens is 1140 g/mol. The SMILES string of the molecule is C=CCCCCCC(C=C)CCCCCCC.C=CCCCCCCCCCC=C.C=C[CH-]CCCCCC=C.CCCCCCCC(CC)CCCCCCC.CCCCCCCCCCCCC.CC[CH-]CCCCCCC.[Y].[Y]. The Balaban J connectivity index is -0.000000134. The zero-order chi connectivity index (χ0) is 60.4. The third-order valence-corrected chi connectivity index (χ3v) is 15.8. The Kier molecular flexibility index (Phi) is 128. The van der Waals surface area contributed by atoms with Gasteiger partial charge in [-0.1, -0.05) is 362 Å². The summed E-state index contributed by atoms with van der Waals surface area (Å²) in [4.78, 5) is 0. The van der Waals surface area contributed by atoms with Gasteiger partial charge in [-0.05, 0) is 76.0 Å². The monoisotopic (exact) mass is 1300 g/mol. The Morgan fingerprint density at radius 1 is 0.280 bits per heavy atom. The first-order valence-corrected chi connectivity index (χ1v) is 36.7. The summed E-state index contributed by atoms with van der Waals surface area (Å²) in [5.74, 6) is 1.79. The summed E-state index contributed by atoms with van der Waals surface area (Å²) in [6, 6.07) is 0. The average Bonchev–Trinajstić information content (AvgIpc) is 3.47. The van der Waals surface area contributed by atoms with Crippen molar-refractivity contribution in [2.24, 2.45) is 11.8 Å². The van der Waals surface area contributed by atoms with E-state index in [9.17, 15) is 0 Å². The fraction of sp³-hybridized carbons (Fsp3) is 0.825. The van der Waals surface area contributed by atoms with Crippen molar-refractivity contribution in [3.63, 3.8) is 0 Å². The second-order valence-electron chi connectivity index (χ2n) is 23.9. The van der Waals surface area contributed by atoms with Gasteiger partial charge in [0.1, 0.15) is 0 Å². The fourth-order valence-corrected chi connectivity index (χ4v) is 10.0. The molecule has 0 aliphatic carbocycles. The molecule has 0 aromatic rings. The van der Waals surface area contributed by atoms with Gasteiger partial charge in [-0.3, -0.25) is 0 Å². The Bertz CT molecular complexity index is 986. The van der Waals surface area contributed by atoms with Crippen LogP contribution in [-0.2, 0) is 65.4 Å². The molecule has 0 saturated carbocycles. The molecular formula is C80H158Y2-2. The van der Waals surface area contributed by atoms with Crippen molar-refractivity contribution in [2.45, 2.75) is 415 Å². The van der Waals surface area contributed by atoms with E-state index in [2.05, 4.69) is 114 Å². The quantitative estimate of drug-likeness (QED) is 0.0323. The largest absolute Gasteiger partial charge is 0.329 e. The Hall–Kier alpha value is 0.518. The molecule has 0 aliphatic heterocycles. The molecule has 0 amide bonds. The third kappa shape index (κ3) is 115. The first-order valence-electron chi connectivity index (χ1n) is 36.7. The molecule has 0 rings (SSSR count). The van der Waals surface area contributed by atoms with Crippen LogP contribution >= 0.6 is 0 Å². The van der Waals surface area contributed by atoms with Gasteiger partial charge in [0.25, 0.3) is 0 Å². The van der Waals surface area contributed by atoms with Crippen LogP contribution < -0.4 is 0 Å². The molecule has 0 saturated heterocycles. The van der Waals surface area contributed by atoms with E-state index < -0.39 is 0 Å². The normalized spacial score (nSPS) is 10.5. The number of unbranched alkanes of at least 4 members (excludes halogenated alkanes) is 45. The molecule has 0 aromatic heterocycles. The van der Waals surface area contributed by atoms with Gasteiger partial charge in [-0.2, -0.15) is 12.8 Å².